The minimum absolute atomic E-state index is 0.195. The Balaban J connectivity index is 1.86. The minimum Gasteiger partial charge on any atom is -0.451 e. The highest BCUT2D eigenvalue weighted by atomic mass is 19.1. The predicted octanol–water partition coefficient (Wildman–Crippen LogP) is 4.51. The van der Waals surface area contributed by atoms with Gasteiger partial charge in [0.2, 0.25) is 0 Å². The van der Waals surface area contributed by atoms with E-state index in [2.05, 4.69) is 5.32 Å². The van der Waals surface area contributed by atoms with Crippen molar-refractivity contribution < 1.29 is 18.0 Å². The molecule has 1 amide bonds. The lowest BCUT2D eigenvalue weighted by Crippen LogP contribution is -2.27. The summed E-state index contributed by atoms with van der Waals surface area (Å²) >= 11 is 0. The largest absolute Gasteiger partial charge is 0.451 e. The fourth-order valence-electron chi connectivity index (χ4n) is 2.58. The number of carbonyl (C=O) groups excluding carboxylic acids is 1. The Kier molecular flexibility index (Phi) is 3.86. The molecular formula is C18H15F2NO2. The second-order valence-corrected chi connectivity index (χ2v) is 5.41. The topological polar surface area (TPSA) is 42.2 Å². The molecule has 1 heterocycles. The van der Waals surface area contributed by atoms with E-state index in [1.807, 2.05) is 18.2 Å². The van der Waals surface area contributed by atoms with Gasteiger partial charge in [-0.3, -0.25) is 4.79 Å². The first kappa shape index (κ1) is 15.2. The average Bonchev–Trinajstić information content (AvgIpc) is 2.85. The van der Waals surface area contributed by atoms with E-state index in [1.165, 1.54) is 6.07 Å². The first-order valence-electron chi connectivity index (χ1n) is 7.21. The van der Waals surface area contributed by atoms with E-state index < -0.39 is 23.6 Å². The summed E-state index contributed by atoms with van der Waals surface area (Å²) in [7, 11) is 0. The quantitative estimate of drug-likeness (QED) is 0.772. The van der Waals surface area contributed by atoms with Gasteiger partial charge >= 0.3 is 0 Å². The van der Waals surface area contributed by atoms with Gasteiger partial charge in [0.05, 0.1) is 6.04 Å². The lowest BCUT2D eigenvalue weighted by molar-refractivity contribution is 0.0912. The Bertz CT molecular complexity index is 886. The summed E-state index contributed by atoms with van der Waals surface area (Å²) in [6.45, 7) is 3.43. The molecule has 0 fully saturated rings. The molecule has 1 N–H and O–H groups in total. The molecule has 3 nitrogen and oxygen atoms in total. The highest BCUT2D eigenvalue weighted by Gasteiger charge is 2.20. The van der Waals surface area contributed by atoms with Crippen LogP contribution in [0, 0.1) is 18.6 Å². The van der Waals surface area contributed by atoms with E-state index >= 15 is 0 Å². The Morgan fingerprint density at radius 1 is 1.17 bits per heavy atom. The van der Waals surface area contributed by atoms with Crippen LogP contribution in [0.1, 0.15) is 34.6 Å². The van der Waals surface area contributed by atoms with Crippen LogP contribution in [0.25, 0.3) is 11.0 Å². The van der Waals surface area contributed by atoms with Gasteiger partial charge in [-0.1, -0.05) is 24.3 Å². The number of aryl methyl sites for hydroxylation is 1. The van der Waals surface area contributed by atoms with Crippen LogP contribution in [0.3, 0.4) is 0 Å². The summed E-state index contributed by atoms with van der Waals surface area (Å²) in [5.41, 5.74) is 1.56. The van der Waals surface area contributed by atoms with E-state index in [0.717, 1.165) is 23.1 Å². The molecule has 118 valence electrons. The summed E-state index contributed by atoms with van der Waals surface area (Å²) in [6, 6.07) is 10.00. The van der Waals surface area contributed by atoms with Crippen molar-refractivity contribution in [3.8, 4) is 0 Å². The molecule has 2 aromatic carbocycles. The van der Waals surface area contributed by atoms with Crippen molar-refractivity contribution in [2.45, 2.75) is 19.9 Å². The maximum absolute atomic E-state index is 13.8. The maximum atomic E-state index is 13.8. The zero-order chi connectivity index (χ0) is 16.6. The molecule has 1 atom stereocenters. The number of nitrogens with one attached hydrogen (secondary N) is 1. The highest BCUT2D eigenvalue weighted by Crippen LogP contribution is 2.26. The average molecular weight is 315 g/mol. The van der Waals surface area contributed by atoms with Crippen molar-refractivity contribution in [1.82, 2.24) is 5.32 Å². The number of hydrogen-bond acceptors (Lipinski definition) is 2. The molecule has 0 radical (unpaired) electrons. The number of rotatable bonds is 3. The number of fused-ring (bicyclic) bond motifs is 1. The molecule has 0 saturated heterocycles. The van der Waals surface area contributed by atoms with Gasteiger partial charge in [-0.2, -0.15) is 0 Å². The Labute approximate surface area is 131 Å². The third-order valence-corrected chi connectivity index (χ3v) is 3.83. The van der Waals surface area contributed by atoms with Gasteiger partial charge in [0, 0.05) is 22.6 Å². The summed E-state index contributed by atoms with van der Waals surface area (Å²) in [5.74, 6) is -1.59. The van der Waals surface area contributed by atoms with Crippen LogP contribution < -0.4 is 5.32 Å². The normalized spacial score (nSPS) is 12.3. The van der Waals surface area contributed by atoms with Gasteiger partial charge in [-0.25, -0.2) is 8.78 Å². The monoisotopic (exact) mass is 315 g/mol. The van der Waals surface area contributed by atoms with Crippen molar-refractivity contribution in [3.05, 3.63) is 71.0 Å². The van der Waals surface area contributed by atoms with Crippen LogP contribution >= 0.6 is 0 Å². The van der Waals surface area contributed by atoms with E-state index in [1.54, 1.807) is 19.9 Å². The van der Waals surface area contributed by atoms with Crippen molar-refractivity contribution in [2.24, 2.45) is 0 Å². The van der Waals surface area contributed by atoms with Crippen molar-refractivity contribution in [1.29, 1.82) is 0 Å². The van der Waals surface area contributed by atoms with Gasteiger partial charge in [-0.15, -0.1) is 0 Å². The van der Waals surface area contributed by atoms with Gasteiger partial charge in [-0.05, 0) is 26.0 Å². The second kappa shape index (κ2) is 5.83. The molecule has 0 aliphatic heterocycles. The van der Waals surface area contributed by atoms with Crippen molar-refractivity contribution in [2.75, 3.05) is 0 Å². The van der Waals surface area contributed by atoms with Crippen LogP contribution in [-0.2, 0) is 0 Å². The summed E-state index contributed by atoms with van der Waals surface area (Å²) in [4.78, 5) is 12.4. The van der Waals surface area contributed by atoms with Crippen LogP contribution in [-0.4, -0.2) is 5.91 Å². The van der Waals surface area contributed by atoms with Gasteiger partial charge in [0.25, 0.3) is 5.91 Å². The number of hydrogen-bond donors (Lipinski definition) is 1. The Morgan fingerprint density at radius 3 is 2.61 bits per heavy atom. The lowest BCUT2D eigenvalue weighted by atomic mass is 10.1. The van der Waals surface area contributed by atoms with E-state index in [0.29, 0.717) is 5.58 Å². The number of para-hydroxylation sites is 1. The summed E-state index contributed by atoms with van der Waals surface area (Å²) in [5, 5.41) is 3.54. The van der Waals surface area contributed by atoms with E-state index in [9.17, 15) is 13.6 Å². The van der Waals surface area contributed by atoms with Crippen LogP contribution in [0.2, 0.25) is 0 Å². The molecule has 3 aromatic rings. The van der Waals surface area contributed by atoms with Crippen molar-refractivity contribution >= 4 is 16.9 Å². The van der Waals surface area contributed by atoms with Gasteiger partial charge in [0.1, 0.15) is 17.2 Å². The standard InChI is InChI=1S/C18H15F2NO2/c1-10-13-5-3-4-6-16(13)23-17(10)18(22)21-11(2)14-8-7-12(19)9-15(14)20/h3-9,11H,1-2H3,(H,21,22). The number of benzene rings is 2. The SMILES string of the molecule is Cc1c(C(=O)NC(C)c2ccc(F)cc2F)oc2ccccc12. The smallest absolute Gasteiger partial charge is 0.287 e. The first-order chi connectivity index (χ1) is 11.0. The van der Waals surface area contributed by atoms with Gasteiger partial charge in [0.15, 0.2) is 5.76 Å². The molecule has 1 unspecified atom stereocenters. The first-order valence-corrected chi connectivity index (χ1v) is 7.21. The fraction of sp³-hybridized carbons (Fsp3) is 0.167. The number of furan rings is 1. The Morgan fingerprint density at radius 2 is 1.91 bits per heavy atom. The van der Waals surface area contributed by atoms with E-state index in [-0.39, 0.29) is 11.3 Å². The molecule has 1 aromatic heterocycles. The zero-order valence-electron chi connectivity index (χ0n) is 12.7. The van der Waals surface area contributed by atoms with Crippen LogP contribution in [0.5, 0.6) is 0 Å². The predicted molar refractivity (Wildman–Crippen MR) is 83.2 cm³/mol. The zero-order valence-corrected chi connectivity index (χ0v) is 12.7. The summed E-state index contributed by atoms with van der Waals surface area (Å²) < 4.78 is 32.3. The lowest BCUT2D eigenvalue weighted by Gasteiger charge is -2.14. The molecule has 5 heteroatoms. The molecule has 0 aliphatic rings. The number of amides is 1. The molecule has 23 heavy (non-hydrogen) atoms. The highest BCUT2D eigenvalue weighted by molar-refractivity contribution is 5.99. The second-order valence-electron chi connectivity index (χ2n) is 5.41. The van der Waals surface area contributed by atoms with Crippen LogP contribution in [0.4, 0.5) is 8.78 Å². The van der Waals surface area contributed by atoms with Crippen LogP contribution in [0.15, 0.2) is 46.9 Å². The molecule has 0 saturated carbocycles. The van der Waals surface area contributed by atoms with E-state index in [4.69, 9.17) is 4.42 Å². The molecular weight excluding hydrogens is 300 g/mol. The maximum Gasteiger partial charge on any atom is 0.287 e. The summed E-state index contributed by atoms with van der Waals surface area (Å²) in [6.07, 6.45) is 0. The number of halogens is 2. The molecule has 0 bridgehead atoms. The molecule has 0 spiro atoms. The fourth-order valence-corrected chi connectivity index (χ4v) is 2.58. The number of carbonyl (C=O) groups is 1. The molecule has 0 aliphatic carbocycles. The van der Waals surface area contributed by atoms with Crippen molar-refractivity contribution in [3.63, 3.8) is 0 Å². The third-order valence-electron chi connectivity index (χ3n) is 3.83. The Hall–Kier alpha value is -2.69. The van der Waals surface area contributed by atoms with Gasteiger partial charge < -0.3 is 9.73 Å². The third kappa shape index (κ3) is 2.82. The minimum atomic E-state index is -0.695. The molecule has 3 rings (SSSR count).